The quantitative estimate of drug-likeness (QED) is 0.812. The summed E-state index contributed by atoms with van der Waals surface area (Å²) in [4.78, 5) is 0. The zero-order valence-corrected chi connectivity index (χ0v) is 12.5. The van der Waals surface area contributed by atoms with Crippen molar-refractivity contribution in [2.45, 2.75) is 58.4 Å². The van der Waals surface area contributed by atoms with Gasteiger partial charge in [-0.2, -0.15) is 0 Å². The second-order valence-corrected chi connectivity index (χ2v) is 5.97. The van der Waals surface area contributed by atoms with Crippen LogP contribution in [0, 0.1) is 17.0 Å². The lowest BCUT2D eigenvalue weighted by atomic mass is 9.74. The van der Waals surface area contributed by atoms with Crippen molar-refractivity contribution < 1.29 is 8.78 Å². The molecule has 2 rings (SSSR count). The summed E-state index contributed by atoms with van der Waals surface area (Å²) in [5.41, 5.74) is 0.897. The van der Waals surface area contributed by atoms with Crippen molar-refractivity contribution >= 4 is 0 Å². The van der Waals surface area contributed by atoms with Crippen molar-refractivity contribution in [2.75, 3.05) is 6.54 Å². The summed E-state index contributed by atoms with van der Waals surface area (Å²) in [6.45, 7) is 5.21. The SMILES string of the molecule is CCNC(Cc1ccc(F)cc1F)C1(CC)CCCC1. The standard InChI is InChI=1S/C17H25F2N/c1-3-17(9-5-6-10-17)16(20-4-2)11-13-7-8-14(18)12-15(13)19/h7-8,12,16,20H,3-6,9-11H2,1-2H3. The second-order valence-electron chi connectivity index (χ2n) is 5.97. The minimum atomic E-state index is -0.502. The largest absolute Gasteiger partial charge is 0.313 e. The second kappa shape index (κ2) is 6.66. The molecule has 1 unspecified atom stereocenters. The van der Waals surface area contributed by atoms with Crippen molar-refractivity contribution in [1.29, 1.82) is 0 Å². The van der Waals surface area contributed by atoms with E-state index in [9.17, 15) is 8.78 Å². The molecule has 1 nitrogen and oxygen atoms in total. The van der Waals surface area contributed by atoms with Gasteiger partial charge < -0.3 is 5.32 Å². The van der Waals surface area contributed by atoms with Crippen LogP contribution in [-0.2, 0) is 6.42 Å². The number of nitrogens with one attached hydrogen (secondary N) is 1. The van der Waals surface area contributed by atoms with Crippen LogP contribution < -0.4 is 5.32 Å². The Kier molecular flexibility index (Phi) is 5.14. The molecule has 1 aromatic carbocycles. The average Bonchev–Trinajstić information content (AvgIpc) is 2.91. The van der Waals surface area contributed by atoms with Gasteiger partial charge in [0.05, 0.1) is 0 Å². The first-order valence-electron chi connectivity index (χ1n) is 7.78. The van der Waals surface area contributed by atoms with Gasteiger partial charge in [0.1, 0.15) is 11.6 Å². The molecule has 0 bridgehead atoms. The predicted octanol–water partition coefficient (Wildman–Crippen LogP) is 4.46. The molecule has 1 fully saturated rings. The molecule has 1 atom stereocenters. The predicted molar refractivity (Wildman–Crippen MR) is 78.7 cm³/mol. The van der Waals surface area contributed by atoms with E-state index in [1.165, 1.54) is 31.7 Å². The van der Waals surface area contributed by atoms with Crippen molar-refractivity contribution in [2.24, 2.45) is 5.41 Å². The fourth-order valence-corrected chi connectivity index (χ4v) is 3.69. The van der Waals surface area contributed by atoms with Crippen molar-refractivity contribution in [3.63, 3.8) is 0 Å². The number of hydrogen-bond acceptors (Lipinski definition) is 1. The molecule has 1 aliphatic carbocycles. The Hall–Kier alpha value is -0.960. The molecule has 3 heteroatoms. The maximum absolute atomic E-state index is 13.9. The van der Waals surface area contributed by atoms with Gasteiger partial charge in [0.25, 0.3) is 0 Å². The molecular weight excluding hydrogens is 256 g/mol. The van der Waals surface area contributed by atoms with Crippen LogP contribution in [0.15, 0.2) is 18.2 Å². The fraction of sp³-hybridized carbons (Fsp3) is 0.647. The lowest BCUT2D eigenvalue weighted by Gasteiger charge is -2.38. The van der Waals surface area contributed by atoms with Gasteiger partial charge in [0.2, 0.25) is 0 Å². The third-order valence-electron chi connectivity index (χ3n) is 4.93. The third-order valence-corrected chi connectivity index (χ3v) is 4.93. The number of halogens is 2. The third kappa shape index (κ3) is 3.20. The number of rotatable bonds is 6. The Morgan fingerprint density at radius 3 is 2.45 bits per heavy atom. The molecule has 0 aliphatic heterocycles. The first kappa shape index (κ1) is 15.4. The Morgan fingerprint density at radius 2 is 1.90 bits per heavy atom. The lowest BCUT2D eigenvalue weighted by molar-refractivity contribution is 0.185. The van der Waals surface area contributed by atoms with Crippen LogP contribution in [0.25, 0.3) is 0 Å². The van der Waals surface area contributed by atoms with E-state index in [1.54, 1.807) is 6.07 Å². The van der Waals surface area contributed by atoms with E-state index < -0.39 is 11.6 Å². The Balaban J connectivity index is 2.20. The summed E-state index contributed by atoms with van der Waals surface area (Å²) < 4.78 is 26.9. The van der Waals surface area contributed by atoms with Crippen LogP contribution in [0.2, 0.25) is 0 Å². The molecule has 0 aromatic heterocycles. The van der Waals surface area contributed by atoms with E-state index in [-0.39, 0.29) is 11.5 Å². The molecule has 112 valence electrons. The fourth-order valence-electron chi connectivity index (χ4n) is 3.69. The van der Waals surface area contributed by atoms with Crippen LogP contribution in [0.3, 0.4) is 0 Å². The molecule has 0 amide bonds. The van der Waals surface area contributed by atoms with Crippen molar-refractivity contribution in [1.82, 2.24) is 5.32 Å². The minimum Gasteiger partial charge on any atom is -0.313 e. The molecule has 0 spiro atoms. The summed E-state index contributed by atoms with van der Waals surface area (Å²) in [6, 6.07) is 4.22. The smallest absolute Gasteiger partial charge is 0.129 e. The average molecular weight is 281 g/mol. The summed E-state index contributed by atoms with van der Waals surface area (Å²) in [5, 5.41) is 3.55. The van der Waals surface area contributed by atoms with Gasteiger partial charge in [-0.25, -0.2) is 8.78 Å². The van der Waals surface area contributed by atoms with Gasteiger partial charge in [-0.05, 0) is 49.3 Å². The van der Waals surface area contributed by atoms with Crippen LogP contribution in [-0.4, -0.2) is 12.6 Å². The van der Waals surface area contributed by atoms with Gasteiger partial charge in [0, 0.05) is 12.1 Å². The summed E-state index contributed by atoms with van der Waals surface area (Å²) >= 11 is 0. The molecule has 20 heavy (non-hydrogen) atoms. The summed E-state index contributed by atoms with van der Waals surface area (Å²) in [7, 11) is 0. The molecule has 1 saturated carbocycles. The monoisotopic (exact) mass is 281 g/mol. The van der Waals surface area contributed by atoms with Gasteiger partial charge in [-0.3, -0.25) is 0 Å². The van der Waals surface area contributed by atoms with E-state index >= 15 is 0 Å². The first-order valence-corrected chi connectivity index (χ1v) is 7.78. The minimum absolute atomic E-state index is 0.275. The Morgan fingerprint density at radius 1 is 1.20 bits per heavy atom. The highest BCUT2D eigenvalue weighted by molar-refractivity contribution is 5.20. The highest BCUT2D eigenvalue weighted by atomic mass is 19.1. The van der Waals surface area contributed by atoms with Gasteiger partial charge in [-0.1, -0.05) is 32.8 Å². The number of benzene rings is 1. The zero-order valence-electron chi connectivity index (χ0n) is 12.5. The highest BCUT2D eigenvalue weighted by Crippen LogP contribution is 2.44. The number of hydrogen-bond donors (Lipinski definition) is 1. The van der Waals surface area contributed by atoms with Crippen LogP contribution in [0.4, 0.5) is 8.78 Å². The van der Waals surface area contributed by atoms with Crippen LogP contribution >= 0.6 is 0 Å². The van der Waals surface area contributed by atoms with Gasteiger partial charge in [-0.15, -0.1) is 0 Å². The molecule has 0 saturated heterocycles. The van der Waals surface area contributed by atoms with E-state index in [0.29, 0.717) is 12.0 Å². The van der Waals surface area contributed by atoms with E-state index in [4.69, 9.17) is 0 Å². The summed E-state index contributed by atoms with van der Waals surface area (Å²) in [6.07, 6.45) is 6.72. The molecule has 1 aliphatic rings. The van der Waals surface area contributed by atoms with E-state index in [1.807, 2.05) is 0 Å². The van der Waals surface area contributed by atoms with E-state index in [2.05, 4.69) is 19.2 Å². The van der Waals surface area contributed by atoms with Crippen LogP contribution in [0.5, 0.6) is 0 Å². The summed E-state index contributed by atoms with van der Waals surface area (Å²) in [5.74, 6) is -0.922. The van der Waals surface area contributed by atoms with Gasteiger partial charge >= 0.3 is 0 Å². The van der Waals surface area contributed by atoms with E-state index in [0.717, 1.165) is 19.0 Å². The maximum atomic E-state index is 13.9. The first-order chi connectivity index (χ1) is 9.61. The molecule has 1 aromatic rings. The van der Waals surface area contributed by atoms with Crippen molar-refractivity contribution in [3.8, 4) is 0 Å². The highest BCUT2D eigenvalue weighted by Gasteiger charge is 2.39. The molecule has 0 radical (unpaired) electrons. The maximum Gasteiger partial charge on any atom is 0.129 e. The van der Waals surface area contributed by atoms with Gasteiger partial charge in [0.15, 0.2) is 0 Å². The normalized spacial score (nSPS) is 19.2. The number of likely N-dealkylation sites (N-methyl/N-ethyl adjacent to an activating group) is 1. The Labute approximate surface area is 120 Å². The molecular formula is C17H25F2N. The zero-order chi connectivity index (χ0) is 14.6. The van der Waals surface area contributed by atoms with Crippen molar-refractivity contribution in [3.05, 3.63) is 35.4 Å². The molecule has 0 heterocycles. The lowest BCUT2D eigenvalue weighted by Crippen LogP contribution is -2.45. The van der Waals surface area contributed by atoms with Crippen LogP contribution in [0.1, 0.15) is 51.5 Å². The molecule has 1 N–H and O–H groups in total. The Bertz CT molecular complexity index is 439. The topological polar surface area (TPSA) is 12.0 Å².